The molecule has 0 atom stereocenters. The molecule has 7 heteroatoms. The van der Waals surface area contributed by atoms with Gasteiger partial charge >= 0.3 is 0 Å². The Morgan fingerprint density at radius 1 is 1.07 bits per heavy atom. The summed E-state index contributed by atoms with van der Waals surface area (Å²) in [6.45, 7) is 2.81. The first-order valence-corrected chi connectivity index (χ1v) is 9.22. The molecule has 2 aromatic heterocycles. The van der Waals surface area contributed by atoms with Crippen molar-refractivity contribution >= 4 is 17.3 Å². The number of nitrogens with one attached hydrogen (secondary N) is 1. The molecule has 28 heavy (non-hydrogen) atoms. The molecule has 1 N–H and O–H groups in total. The average Bonchev–Trinajstić information content (AvgIpc) is 3.26. The second kappa shape index (κ2) is 8.12. The van der Waals surface area contributed by atoms with Gasteiger partial charge in [0, 0.05) is 26.2 Å². The summed E-state index contributed by atoms with van der Waals surface area (Å²) >= 11 is 0. The number of nitrogens with zero attached hydrogens (tertiary/aromatic N) is 3. The third-order valence-electron chi connectivity index (χ3n) is 4.79. The van der Waals surface area contributed by atoms with Gasteiger partial charge in [0.05, 0.1) is 30.4 Å². The Labute approximate surface area is 162 Å². The van der Waals surface area contributed by atoms with Gasteiger partial charge in [0.1, 0.15) is 17.3 Å². The molecule has 1 aromatic carbocycles. The highest BCUT2D eigenvalue weighted by atomic mass is 19.1. The van der Waals surface area contributed by atoms with Gasteiger partial charge in [-0.1, -0.05) is 12.1 Å². The van der Waals surface area contributed by atoms with E-state index in [1.54, 1.807) is 35.6 Å². The highest BCUT2D eigenvalue weighted by molar-refractivity contribution is 5.92. The molecular weight excluding hydrogens is 359 g/mol. The zero-order valence-electron chi connectivity index (χ0n) is 15.3. The van der Waals surface area contributed by atoms with Crippen LogP contribution in [0.4, 0.5) is 15.8 Å². The van der Waals surface area contributed by atoms with Crippen LogP contribution in [0.15, 0.2) is 65.4 Å². The number of rotatable bonds is 5. The minimum absolute atomic E-state index is 0.106. The van der Waals surface area contributed by atoms with Crippen LogP contribution in [0, 0.1) is 5.82 Å². The smallest absolute Gasteiger partial charge is 0.272 e. The second-order valence-electron chi connectivity index (χ2n) is 6.60. The van der Waals surface area contributed by atoms with Crippen molar-refractivity contribution in [3.8, 4) is 0 Å². The number of carbonyl (C=O) groups is 1. The molecule has 144 valence electrons. The largest absolute Gasteiger partial charge is 0.467 e. The fourth-order valence-electron chi connectivity index (χ4n) is 3.25. The molecule has 1 amide bonds. The molecule has 4 rings (SSSR count). The summed E-state index contributed by atoms with van der Waals surface area (Å²) < 4.78 is 19.2. The zero-order chi connectivity index (χ0) is 19.3. The van der Waals surface area contributed by atoms with Crippen molar-refractivity contribution in [2.75, 3.05) is 36.4 Å². The number of amides is 1. The lowest BCUT2D eigenvalue weighted by Crippen LogP contribution is -2.49. The summed E-state index contributed by atoms with van der Waals surface area (Å²) in [4.78, 5) is 20.7. The minimum Gasteiger partial charge on any atom is -0.467 e. The van der Waals surface area contributed by atoms with Crippen LogP contribution in [-0.2, 0) is 6.54 Å². The Morgan fingerprint density at radius 3 is 2.57 bits per heavy atom. The number of hydrogen-bond donors (Lipinski definition) is 1. The van der Waals surface area contributed by atoms with E-state index in [0.717, 1.165) is 11.4 Å². The number of benzene rings is 1. The molecule has 1 aliphatic heterocycles. The van der Waals surface area contributed by atoms with E-state index in [2.05, 4.69) is 10.3 Å². The summed E-state index contributed by atoms with van der Waals surface area (Å²) in [5.74, 6) is 0.486. The van der Waals surface area contributed by atoms with Gasteiger partial charge in [-0.05, 0) is 36.4 Å². The molecule has 0 bridgehead atoms. The van der Waals surface area contributed by atoms with Crippen molar-refractivity contribution in [2.45, 2.75) is 6.54 Å². The summed E-state index contributed by atoms with van der Waals surface area (Å²) in [6.07, 6.45) is 3.27. The molecule has 0 saturated carbocycles. The molecule has 0 unspecified atom stereocenters. The van der Waals surface area contributed by atoms with E-state index in [1.807, 2.05) is 29.2 Å². The molecule has 1 fully saturated rings. The normalized spacial score (nSPS) is 14.2. The number of carbonyl (C=O) groups excluding carboxylic acids is 1. The van der Waals surface area contributed by atoms with Crippen LogP contribution in [0.5, 0.6) is 0 Å². The SMILES string of the molecule is O=C(c1ccc(NCc2ccco2)cn1)N1CCN(c2ccccc2F)CC1. The maximum absolute atomic E-state index is 13.9. The van der Waals surface area contributed by atoms with E-state index in [0.29, 0.717) is 44.1 Å². The summed E-state index contributed by atoms with van der Waals surface area (Å²) in [5, 5.41) is 3.20. The number of halogens is 1. The van der Waals surface area contributed by atoms with E-state index >= 15 is 0 Å². The van der Waals surface area contributed by atoms with Crippen LogP contribution in [-0.4, -0.2) is 42.0 Å². The van der Waals surface area contributed by atoms with Crippen LogP contribution in [0.25, 0.3) is 0 Å². The van der Waals surface area contributed by atoms with Crippen molar-refractivity contribution in [3.05, 3.63) is 78.3 Å². The first-order chi connectivity index (χ1) is 13.7. The predicted molar refractivity (Wildman–Crippen MR) is 105 cm³/mol. The maximum Gasteiger partial charge on any atom is 0.272 e. The quantitative estimate of drug-likeness (QED) is 0.735. The van der Waals surface area contributed by atoms with E-state index in [-0.39, 0.29) is 11.7 Å². The standard InChI is InChI=1S/C21H21FN4O2/c22-18-5-1-2-6-20(18)25-9-11-26(12-10-25)21(27)19-8-7-16(14-24-19)23-15-17-4-3-13-28-17/h1-8,13-14,23H,9-12,15H2. The third-order valence-corrected chi connectivity index (χ3v) is 4.79. The highest BCUT2D eigenvalue weighted by Crippen LogP contribution is 2.20. The third kappa shape index (κ3) is 3.98. The second-order valence-corrected chi connectivity index (χ2v) is 6.60. The molecular formula is C21H21FN4O2. The van der Waals surface area contributed by atoms with Gasteiger partial charge in [-0.15, -0.1) is 0 Å². The molecule has 3 aromatic rings. The van der Waals surface area contributed by atoms with E-state index in [4.69, 9.17) is 4.42 Å². The van der Waals surface area contributed by atoms with Gasteiger partial charge in [-0.2, -0.15) is 0 Å². The summed E-state index contributed by atoms with van der Waals surface area (Å²) in [7, 11) is 0. The highest BCUT2D eigenvalue weighted by Gasteiger charge is 2.24. The minimum atomic E-state index is -0.235. The molecule has 1 aliphatic rings. The lowest BCUT2D eigenvalue weighted by Gasteiger charge is -2.36. The molecule has 0 spiro atoms. The summed E-state index contributed by atoms with van der Waals surface area (Å²) in [5.41, 5.74) is 1.81. The van der Waals surface area contributed by atoms with Crippen LogP contribution in [0.2, 0.25) is 0 Å². The van der Waals surface area contributed by atoms with Gasteiger partial charge in [0.15, 0.2) is 0 Å². The van der Waals surface area contributed by atoms with Gasteiger partial charge in [-0.3, -0.25) is 4.79 Å². The lowest BCUT2D eigenvalue weighted by atomic mass is 10.2. The molecule has 6 nitrogen and oxygen atoms in total. The van der Waals surface area contributed by atoms with Gasteiger partial charge < -0.3 is 19.5 Å². The van der Waals surface area contributed by atoms with Crippen molar-refractivity contribution < 1.29 is 13.6 Å². The van der Waals surface area contributed by atoms with Gasteiger partial charge in [0.2, 0.25) is 0 Å². The number of anilines is 2. The van der Waals surface area contributed by atoms with Crippen LogP contribution in [0.1, 0.15) is 16.2 Å². The topological polar surface area (TPSA) is 61.6 Å². The van der Waals surface area contributed by atoms with E-state index in [9.17, 15) is 9.18 Å². The number of para-hydroxylation sites is 1. The van der Waals surface area contributed by atoms with E-state index < -0.39 is 0 Å². The van der Waals surface area contributed by atoms with Crippen LogP contribution in [0.3, 0.4) is 0 Å². The van der Waals surface area contributed by atoms with Crippen LogP contribution < -0.4 is 10.2 Å². The first kappa shape index (κ1) is 18.0. The van der Waals surface area contributed by atoms with E-state index in [1.165, 1.54) is 6.07 Å². The van der Waals surface area contributed by atoms with Crippen LogP contribution >= 0.6 is 0 Å². The van der Waals surface area contributed by atoms with Crippen molar-refractivity contribution in [3.63, 3.8) is 0 Å². The Kier molecular flexibility index (Phi) is 5.23. The first-order valence-electron chi connectivity index (χ1n) is 9.22. The van der Waals surface area contributed by atoms with Gasteiger partial charge in [-0.25, -0.2) is 9.37 Å². The fourth-order valence-corrected chi connectivity index (χ4v) is 3.25. The monoisotopic (exact) mass is 380 g/mol. The Bertz CT molecular complexity index is 920. The molecule has 1 saturated heterocycles. The number of hydrogen-bond acceptors (Lipinski definition) is 5. The maximum atomic E-state index is 13.9. The average molecular weight is 380 g/mol. The lowest BCUT2D eigenvalue weighted by molar-refractivity contribution is 0.0741. The predicted octanol–water partition coefficient (Wildman–Crippen LogP) is 3.39. The fraction of sp³-hybridized carbons (Fsp3) is 0.238. The zero-order valence-corrected chi connectivity index (χ0v) is 15.3. The van der Waals surface area contributed by atoms with Gasteiger partial charge in [0.25, 0.3) is 5.91 Å². The van der Waals surface area contributed by atoms with Crippen molar-refractivity contribution in [1.82, 2.24) is 9.88 Å². The molecule has 3 heterocycles. The Hall–Kier alpha value is -3.35. The van der Waals surface area contributed by atoms with Crippen molar-refractivity contribution in [2.24, 2.45) is 0 Å². The molecule has 0 aliphatic carbocycles. The Balaban J connectivity index is 1.33. The summed E-state index contributed by atoms with van der Waals surface area (Å²) in [6, 6.07) is 14.0. The number of aromatic nitrogens is 1. The number of furan rings is 1. The molecule has 0 radical (unpaired) electrons. The Morgan fingerprint density at radius 2 is 1.89 bits per heavy atom. The van der Waals surface area contributed by atoms with Crippen molar-refractivity contribution in [1.29, 1.82) is 0 Å². The number of pyridine rings is 1. The number of piperazine rings is 1.